The van der Waals surface area contributed by atoms with Gasteiger partial charge in [0.2, 0.25) is 0 Å². The molecule has 1 heterocycles. The number of rotatable bonds is 5. The molecule has 0 radical (unpaired) electrons. The summed E-state index contributed by atoms with van der Waals surface area (Å²) in [5.74, 6) is 0.714. The van der Waals surface area contributed by atoms with Crippen LogP contribution in [-0.2, 0) is 10.8 Å². The summed E-state index contributed by atoms with van der Waals surface area (Å²) < 4.78 is 0. The number of fused-ring (bicyclic) bond motifs is 8. The highest BCUT2D eigenvalue weighted by atomic mass is 14.9. The summed E-state index contributed by atoms with van der Waals surface area (Å²) in [7, 11) is 0. The molecule has 288 valence electrons. The molecule has 10 aromatic rings. The third-order valence-corrected chi connectivity index (χ3v) is 13.7. The second-order valence-corrected chi connectivity index (χ2v) is 17.4. The number of benzene rings is 9. The molecule has 61 heavy (non-hydrogen) atoms. The van der Waals surface area contributed by atoms with Crippen LogP contribution < -0.4 is 0 Å². The van der Waals surface area contributed by atoms with Gasteiger partial charge in [-0.25, -0.2) is 9.97 Å². The number of aromatic nitrogens is 2. The van der Waals surface area contributed by atoms with E-state index in [-0.39, 0.29) is 10.8 Å². The fourth-order valence-electron chi connectivity index (χ4n) is 10.9. The molecule has 2 heteroatoms. The van der Waals surface area contributed by atoms with E-state index >= 15 is 0 Å². The quantitative estimate of drug-likeness (QED) is 0.174. The molecule has 1 atom stereocenters. The summed E-state index contributed by atoms with van der Waals surface area (Å²) in [6, 6.07) is 73.0. The van der Waals surface area contributed by atoms with Gasteiger partial charge in [0.05, 0.1) is 11.4 Å². The molecule has 12 rings (SSSR count). The van der Waals surface area contributed by atoms with Crippen molar-refractivity contribution in [3.63, 3.8) is 0 Å². The van der Waals surface area contributed by atoms with Crippen LogP contribution >= 0.6 is 0 Å². The topological polar surface area (TPSA) is 25.8 Å². The van der Waals surface area contributed by atoms with E-state index < -0.39 is 0 Å². The largest absolute Gasteiger partial charge is 0.228 e. The third kappa shape index (κ3) is 5.22. The molecular weight excluding hydrogens is 737 g/mol. The van der Waals surface area contributed by atoms with Crippen molar-refractivity contribution in [2.45, 2.75) is 31.6 Å². The predicted octanol–water partition coefficient (Wildman–Crippen LogP) is 15.1. The van der Waals surface area contributed by atoms with E-state index in [2.05, 4.69) is 221 Å². The van der Waals surface area contributed by atoms with Crippen LogP contribution in [0.3, 0.4) is 0 Å². The van der Waals surface area contributed by atoms with Crippen LogP contribution in [0.15, 0.2) is 200 Å². The van der Waals surface area contributed by atoms with Gasteiger partial charge in [-0.2, -0.15) is 0 Å². The monoisotopic (exact) mass is 778 g/mol. The Kier molecular flexibility index (Phi) is 7.74. The zero-order chi connectivity index (χ0) is 40.9. The van der Waals surface area contributed by atoms with E-state index in [1.807, 2.05) is 0 Å². The molecular formula is C59H42N2. The molecule has 1 aromatic heterocycles. The molecule has 0 amide bonds. The maximum atomic E-state index is 5.58. The van der Waals surface area contributed by atoms with Crippen LogP contribution in [0.1, 0.15) is 48.6 Å². The van der Waals surface area contributed by atoms with Crippen molar-refractivity contribution in [3.8, 4) is 67.3 Å². The van der Waals surface area contributed by atoms with Gasteiger partial charge in [0.1, 0.15) is 0 Å². The van der Waals surface area contributed by atoms with Gasteiger partial charge in [0.25, 0.3) is 0 Å². The zero-order valence-corrected chi connectivity index (χ0v) is 34.4. The summed E-state index contributed by atoms with van der Waals surface area (Å²) in [5.41, 5.74) is 18.7. The smallest absolute Gasteiger partial charge is 0.161 e. The Hall–Kier alpha value is -7.42. The normalized spacial score (nSPS) is 15.7. The molecule has 1 unspecified atom stereocenters. The Labute approximate surface area is 356 Å². The molecule has 0 fully saturated rings. The van der Waals surface area contributed by atoms with E-state index in [0.717, 1.165) is 33.5 Å². The SMILES string of the molecule is CC1(C)c2cc3ccccc3cc2-c2cccc(-c3ccc(-c4nc(-c5ccccc5)cc(-c5cccc6c5C(C)(c5ccccc5)c5ccccc5-6)n4)c4ccccc34)c21. The molecule has 0 spiro atoms. The average Bonchev–Trinajstić information content (AvgIpc) is 3.72. The number of hydrogen-bond donors (Lipinski definition) is 0. The lowest BCUT2D eigenvalue weighted by Gasteiger charge is -2.30. The van der Waals surface area contributed by atoms with E-state index in [1.165, 1.54) is 77.4 Å². The lowest BCUT2D eigenvalue weighted by Crippen LogP contribution is -2.23. The summed E-state index contributed by atoms with van der Waals surface area (Å²) in [6.45, 7) is 7.16. The van der Waals surface area contributed by atoms with Crippen molar-refractivity contribution in [1.29, 1.82) is 0 Å². The van der Waals surface area contributed by atoms with Crippen LogP contribution in [0.2, 0.25) is 0 Å². The van der Waals surface area contributed by atoms with Gasteiger partial charge in [0.15, 0.2) is 5.82 Å². The Bertz CT molecular complexity index is 3400. The minimum atomic E-state index is -0.383. The molecule has 0 N–H and O–H groups in total. The second kappa shape index (κ2) is 13.3. The Morgan fingerprint density at radius 2 is 0.885 bits per heavy atom. The lowest BCUT2D eigenvalue weighted by molar-refractivity contribution is 0.663. The predicted molar refractivity (Wildman–Crippen MR) is 254 cm³/mol. The van der Waals surface area contributed by atoms with Gasteiger partial charge in [-0.1, -0.05) is 190 Å². The third-order valence-electron chi connectivity index (χ3n) is 13.7. The minimum absolute atomic E-state index is 0.184. The van der Waals surface area contributed by atoms with E-state index in [0.29, 0.717) is 5.82 Å². The molecule has 2 nitrogen and oxygen atoms in total. The average molecular weight is 779 g/mol. The first kappa shape index (κ1) is 35.5. The van der Waals surface area contributed by atoms with Crippen molar-refractivity contribution < 1.29 is 0 Å². The van der Waals surface area contributed by atoms with Gasteiger partial charge in [-0.05, 0) is 114 Å². The second-order valence-electron chi connectivity index (χ2n) is 17.4. The number of nitrogens with zero attached hydrogens (tertiary/aromatic N) is 2. The Balaban J connectivity index is 1.07. The van der Waals surface area contributed by atoms with Crippen LogP contribution in [0.4, 0.5) is 0 Å². The van der Waals surface area contributed by atoms with Crippen molar-refractivity contribution >= 4 is 21.5 Å². The van der Waals surface area contributed by atoms with Crippen LogP contribution in [0.25, 0.3) is 88.8 Å². The molecule has 2 aliphatic rings. The highest BCUT2D eigenvalue weighted by Gasteiger charge is 2.43. The van der Waals surface area contributed by atoms with Gasteiger partial charge < -0.3 is 0 Å². The van der Waals surface area contributed by atoms with Crippen LogP contribution in [0, 0.1) is 0 Å². The molecule has 0 saturated heterocycles. The van der Waals surface area contributed by atoms with Crippen molar-refractivity contribution in [3.05, 3.63) is 228 Å². The van der Waals surface area contributed by atoms with Gasteiger partial charge in [0, 0.05) is 27.5 Å². The molecule has 0 bridgehead atoms. The maximum absolute atomic E-state index is 5.58. The fraction of sp³-hybridized carbons (Fsp3) is 0.0847. The van der Waals surface area contributed by atoms with E-state index in [9.17, 15) is 0 Å². The molecule has 9 aromatic carbocycles. The zero-order valence-electron chi connectivity index (χ0n) is 34.4. The van der Waals surface area contributed by atoms with Gasteiger partial charge >= 0.3 is 0 Å². The Morgan fingerprint density at radius 1 is 0.344 bits per heavy atom. The highest BCUT2D eigenvalue weighted by Crippen LogP contribution is 2.56. The van der Waals surface area contributed by atoms with E-state index in [1.54, 1.807) is 0 Å². The first-order chi connectivity index (χ1) is 29.9. The lowest BCUT2D eigenvalue weighted by atomic mass is 9.72. The highest BCUT2D eigenvalue weighted by molar-refractivity contribution is 6.06. The molecule has 0 aliphatic heterocycles. The first-order valence-corrected chi connectivity index (χ1v) is 21.3. The van der Waals surface area contributed by atoms with Gasteiger partial charge in [-0.15, -0.1) is 0 Å². The van der Waals surface area contributed by atoms with Crippen molar-refractivity contribution in [1.82, 2.24) is 9.97 Å². The summed E-state index contributed by atoms with van der Waals surface area (Å²) in [4.78, 5) is 11.0. The van der Waals surface area contributed by atoms with Crippen LogP contribution in [-0.4, -0.2) is 9.97 Å². The maximum Gasteiger partial charge on any atom is 0.161 e. The van der Waals surface area contributed by atoms with Gasteiger partial charge in [-0.3, -0.25) is 0 Å². The van der Waals surface area contributed by atoms with Crippen LogP contribution in [0.5, 0.6) is 0 Å². The number of hydrogen-bond acceptors (Lipinski definition) is 2. The standard InChI is InChI=1S/C59H42N2/c1-58(2)52-35-39-21-11-10-20-38(39)34-50(52)47-29-16-27-45(55(47)58)43-32-33-48(42-25-13-12-24-41(42)43)57-60-53(37-18-6-4-7-19-37)36-54(61-57)49-30-17-28-46-44-26-14-15-31-51(44)59(3,56(46)49)40-22-8-5-9-23-40/h4-36H,1-3H3. The molecule has 0 saturated carbocycles. The summed E-state index contributed by atoms with van der Waals surface area (Å²) >= 11 is 0. The minimum Gasteiger partial charge on any atom is -0.228 e. The molecule has 2 aliphatic carbocycles. The Morgan fingerprint density at radius 3 is 1.64 bits per heavy atom. The summed E-state index contributed by atoms with van der Waals surface area (Å²) in [5, 5.41) is 4.88. The van der Waals surface area contributed by atoms with Crippen molar-refractivity contribution in [2.24, 2.45) is 0 Å². The van der Waals surface area contributed by atoms with E-state index in [4.69, 9.17) is 9.97 Å². The fourth-order valence-corrected chi connectivity index (χ4v) is 10.9. The van der Waals surface area contributed by atoms with Crippen molar-refractivity contribution in [2.75, 3.05) is 0 Å². The summed E-state index contributed by atoms with van der Waals surface area (Å²) in [6.07, 6.45) is 0. The first-order valence-electron chi connectivity index (χ1n) is 21.3.